The van der Waals surface area contributed by atoms with E-state index in [1.807, 2.05) is 42.5 Å². The minimum atomic E-state index is -0.318. The van der Waals surface area contributed by atoms with E-state index in [-0.39, 0.29) is 30.9 Å². The lowest BCUT2D eigenvalue weighted by Crippen LogP contribution is -2.34. The number of hydrogen-bond acceptors (Lipinski definition) is 5. The molecule has 152 valence electrons. The molecule has 0 aliphatic carbocycles. The Labute approximate surface area is 169 Å². The molecule has 1 atom stereocenters. The third-order valence-electron chi connectivity index (χ3n) is 5.24. The van der Waals surface area contributed by atoms with Gasteiger partial charge in [-0.25, -0.2) is 0 Å². The molecule has 2 aromatic carbocycles. The molecule has 29 heavy (non-hydrogen) atoms. The average molecular weight is 396 g/mol. The van der Waals surface area contributed by atoms with Gasteiger partial charge in [-0.2, -0.15) is 0 Å². The van der Waals surface area contributed by atoms with Gasteiger partial charge in [0, 0.05) is 26.1 Å². The van der Waals surface area contributed by atoms with Crippen LogP contribution in [0.2, 0.25) is 0 Å². The number of fused-ring (bicyclic) bond motifs is 1. The molecule has 1 fully saturated rings. The number of carbonyl (C=O) groups excluding carboxylic acids is 2. The first-order valence-corrected chi connectivity index (χ1v) is 9.69. The summed E-state index contributed by atoms with van der Waals surface area (Å²) in [5.74, 6) is 1.82. The standard InChI is InChI=1S/C22H24N2O5/c1-27-18-4-2-3-15(9-18)7-8-23-22(26)17-11-21(25)24(13-17)12-16-5-6-19-20(10-16)29-14-28-19/h2-6,9-10,17H,7-8,11-14H2,1H3,(H,23,26). The van der Waals surface area contributed by atoms with Crippen molar-refractivity contribution in [2.45, 2.75) is 19.4 Å². The Balaban J connectivity index is 1.27. The van der Waals surface area contributed by atoms with Gasteiger partial charge in [0.25, 0.3) is 0 Å². The average Bonchev–Trinajstić information content (AvgIpc) is 3.34. The Morgan fingerprint density at radius 2 is 2.03 bits per heavy atom. The fourth-order valence-corrected chi connectivity index (χ4v) is 3.66. The molecule has 7 nitrogen and oxygen atoms in total. The third-order valence-corrected chi connectivity index (χ3v) is 5.24. The Morgan fingerprint density at radius 1 is 1.17 bits per heavy atom. The van der Waals surface area contributed by atoms with E-state index in [0.717, 1.165) is 22.6 Å². The molecule has 2 aromatic rings. The van der Waals surface area contributed by atoms with Crippen LogP contribution in [0.4, 0.5) is 0 Å². The maximum absolute atomic E-state index is 12.5. The summed E-state index contributed by atoms with van der Waals surface area (Å²) >= 11 is 0. The van der Waals surface area contributed by atoms with E-state index in [9.17, 15) is 9.59 Å². The van der Waals surface area contributed by atoms with E-state index in [1.54, 1.807) is 12.0 Å². The second kappa shape index (κ2) is 8.43. The Morgan fingerprint density at radius 3 is 2.90 bits per heavy atom. The lowest BCUT2D eigenvalue weighted by Gasteiger charge is -2.17. The van der Waals surface area contributed by atoms with Crippen LogP contribution in [0.15, 0.2) is 42.5 Å². The zero-order valence-electron chi connectivity index (χ0n) is 16.3. The first-order chi connectivity index (χ1) is 14.1. The topological polar surface area (TPSA) is 77.1 Å². The van der Waals surface area contributed by atoms with Gasteiger partial charge in [0.1, 0.15) is 5.75 Å². The molecule has 1 unspecified atom stereocenters. The number of carbonyl (C=O) groups is 2. The van der Waals surface area contributed by atoms with E-state index in [4.69, 9.17) is 14.2 Å². The fraction of sp³-hybridized carbons (Fsp3) is 0.364. The summed E-state index contributed by atoms with van der Waals surface area (Å²) in [6.45, 7) is 1.64. The third kappa shape index (κ3) is 4.45. The molecule has 0 radical (unpaired) electrons. The molecule has 0 spiro atoms. The summed E-state index contributed by atoms with van der Waals surface area (Å²) in [5, 5.41) is 2.95. The summed E-state index contributed by atoms with van der Waals surface area (Å²) in [7, 11) is 1.63. The van der Waals surface area contributed by atoms with Crippen LogP contribution in [0.5, 0.6) is 17.2 Å². The van der Waals surface area contributed by atoms with Crippen LogP contribution in [-0.2, 0) is 22.6 Å². The molecule has 1 N–H and O–H groups in total. The second-order valence-electron chi connectivity index (χ2n) is 7.26. The summed E-state index contributed by atoms with van der Waals surface area (Å²) < 4.78 is 15.9. The zero-order valence-corrected chi connectivity index (χ0v) is 16.3. The Bertz CT molecular complexity index is 914. The SMILES string of the molecule is COc1cccc(CCNC(=O)C2CC(=O)N(Cc3ccc4c(c3)OCO4)C2)c1. The molecule has 2 aliphatic rings. The van der Waals surface area contributed by atoms with Crippen molar-refractivity contribution in [3.05, 3.63) is 53.6 Å². The molecule has 2 heterocycles. The molecule has 0 bridgehead atoms. The van der Waals surface area contributed by atoms with Gasteiger partial charge in [-0.3, -0.25) is 9.59 Å². The largest absolute Gasteiger partial charge is 0.497 e. The predicted molar refractivity (Wildman–Crippen MR) is 106 cm³/mol. The minimum absolute atomic E-state index is 0.00406. The van der Waals surface area contributed by atoms with Crippen LogP contribution in [0.25, 0.3) is 0 Å². The number of likely N-dealkylation sites (tertiary alicyclic amines) is 1. The number of hydrogen-bond donors (Lipinski definition) is 1. The van der Waals surface area contributed by atoms with Crippen LogP contribution in [0.3, 0.4) is 0 Å². The lowest BCUT2D eigenvalue weighted by molar-refractivity contribution is -0.129. The van der Waals surface area contributed by atoms with E-state index in [1.165, 1.54) is 0 Å². The van der Waals surface area contributed by atoms with Crippen molar-refractivity contribution < 1.29 is 23.8 Å². The van der Waals surface area contributed by atoms with Gasteiger partial charge in [0.15, 0.2) is 11.5 Å². The Kier molecular flexibility index (Phi) is 5.55. The van der Waals surface area contributed by atoms with E-state index in [0.29, 0.717) is 31.8 Å². The maximum Gasteiger partial charge on any atom is 0.231 e. The molecular weight excluding hydrogens is 372 g/mol. The van der Waals surface area contributed by atoms with Crippen molar-refractivity contribution in [3.8, 4) is 17.2 Å². The molecule has 4 rings (SSSR count). The van der Waals surface area contributed by atoms with Crippen LogP contribution in [-0.4, -0.2) is 43.7 Å². The van der Waals surface area contributed by atoms with Crippen molar-refractivity contribution in [2.75, 3.05) is 27.0 Å². The molecule has 1 saturated heterocycles. The van der Waals surface area contributed by atoms with Crippen molar-refractivity contribution >= 4 is 11.8 Å². The van der Waals surface area contributed by atoms with Crippen LogP contribution >= 0.6 is 0 Å². The van der Waals surface area contributed by atoms with E-state index < -0.39 is 0 Å². The van der Waals surface area contributed by atoms with Gasteiger partial charge in [-0.1, -0.05) is 18.2 Å². The summed E-state index contributed by atoms with van der Waals surface area (Å²) in [6, 6.07) is 13.4. The minimum Gasteiger partial charge on any atom is -0.497 e. The fourth-order valence-electron chi connectivity index (χ4n) is 3.66. The van der Waals surface area contributed by atoms with Crippen molar-refractivity contribution in [1.82, 2.24) is 10.2 Å². The number of amides is 2. The van der Waals surface area contributed by atoms with Crippen molar-refractivity contribution in [3.63, 3.8) is 0 Å². The number of nitrogens with one attached hydrogen (secondary N) is 1. The summed E-state index contributed by atoms with van der Waals surface area (Å²) in [4.78, 5) is 26.6. The molecule has 7 heteroatoms. The highest BCUT2D eigenvalue weighted by Crippen LogP contribution is 2.33. The van der Waals surface area contributed by atoms with Crippen LogP contribution < -0.4 is 19.5 Å². The molecular formula is C22H24N2O5. The van der Waals surface area contributed by atoms with Gasteiger partial charge in [0.2, 0.25) is 18.6 Å². The number of nitrogens with zero attached hydrogens (tertiary/aromatic N) is 1. The summed E-state index contributed by atoms with van der Waals surface area (Å²) in [5.41, 5.74) is 2.05. The lowest BCUT2D eigenvalue weighted by atomic mass is 10.1. The molecule has 2 aliphatic heterocycles. The number of rotatable bonds is 7. The number of methoxy groups -OCH3 is 1. The van der Waals surface area contributed by atoms with Gasteiger partial charge >= 0.3 is 0 Å². The van der Waals surface area contributed by atoms with Crippen LogP contribution in [0, 0.1) is 5.92 Å². The highest BCUT2D eigenvalue weighted by molar-refractivity contribution is 5.89. The summed E-state index contributed by atoms with van der Waals surface area (Å²) in [6.07, 6.45) is 0.958. The van der Waals surface area contributed by atoms with E-state index in [2.05, 4.69) is 5.32 Å². The zero-order chi connectivity index (χ0) is 20.2. The van der Waals surface area contributed by atoms with Gasteiger partial charge < -0.3 is 24.4 Å². The highest BCUT2D eigenvalue weighted by Gasteiger charge is 2.34. The Hall–Kier alpha value is -3.22. The van der Waals surface area contributed by atoms with E-state index >= 15 is 0 Å². The molecule has 0 saturated carbocycles. The first-order valence-electron chi connectivity index (χ1n) is 9.69. The van der Waals surface area contributed by atoms with Gasteiger partial charge in [0.05, 0.1) is 13.0 Å². The molecule has 0 aromatic heterocycles. The predicted octanol–water partition coefficient (Wildman–Crippen LogP) is 2.13. The smallest absolute Gasteiger partial charge is 0.231 e. The van der Waals surface area contributed by atoms with Crippen LogP contribution in [0.1, 0.15) is 17.5 Å². The second-order valence-corrected chi connectivity index (χ2v) is 7.26. The molecule has 2 amide bonds. The van der Waals surface area contributed by atoms with Crippen molar-refractivity contribution in [1.29, 1.82) is 0 Å². The number of benzene rings is 2. The highest BCUT2D eigenvalue weighted by atomic mass is 16.7. The van der Waals surface area contributed by atoms with Gasteiger partial charge in [-0.15, -0.1) is 0 Å². The first kappa shape index (κ1) is 19.1. The van der Waals surface area contributed by atoms with Gasteiger partial charge in [-0.05, 0) is 41.8 Å². The maximum atomic E-state index is 12.5. The monoisotopic (exact) mass is 396 g/mol. The normalized spacial score (nSPS) is 17.5. The van der Waals surface area contributed by atoms with Crippen molar-refractivity contribution in [2.24, 2.45) is 5.92 Å². The number of ether oxygens (including phenoxy) is 3. The quantitative estimate of drug-likeness (QED) is 0.776.